The average Bonchev–Trinajstić information content (AvgIpc) is 3.01. The zero-order valence-electron chi connectivity index (χ0n) is 19.0. The molecule has 3 aromatic rings. The summed E-state index contributed by atoms with van der Waals surface area (Å²) in [4.78, 5) is 17.3. The summed E-state index contributed by atoms with van der Waals surface area (Å²) in [6.45, 7) is 3.95. The lowest BCUT2D eigenvalue weighted by Gasteiger charge is -2.39. The Hall–Kier alpha value is -2.90. The summed E-state index contributed by atoms with van der Waals surface area (Å²) in [5.41, 5.74) is 0.920. The van der Waals surface area contributed by atoms with Gasteiger partial charge in [-0.25, -0.2) is 4.79 Å². The number of carbonyl (C=O) groups is 1. The van der Waals surface area contributed by atoms with Crippen molar-refractivity contribution in [3.05, 3.63) is 88.4 Å². The van der Waals surface area contributed by atoms with Gasteiger partial charge in [-0.3, -0.25) is 9.80 Å². The van der Waals surface area contributed by atoms with E-state index < -0.39 is 17.9 Å². The van der Waals surface area contributed by atoms with E-state index in [1.54, 1.807) is 64.4 Å². The van der Waals surface area contributed by atoms with Crippen molar-refractivity contribution in [3.63, 3.8) is 0 Å². The fraction of sp³-hybridized carbons (Fsp3) is 0.269. The predicted molar refractivity (Wildman–Crippen MR) is 132 cm³/mol. The topological polar surface area (TPSA) is 32.8 Å². The zero-order valence-corrected chi connectivity index (χ0v) is 20.5. The lowest BCUT2D eigenvalue weighted by Crippen LogP contribution is -2.46. The molecule has 1 fully saturated rings. The van der Waals surface area contributed by atoms with Crippen LogP contribution < -0.4 is 14.5 Å². The molecule has 0 radical (unpaired) electrons. The molecule has 0 aliphatic carbocycles. The average molecular weight is 523 g/mol. The van der Waals surface area contributed by atoms with Crippen molar-refractivity contribution in [2.45, 2.75) is 44.6 Å². The standard InChI is InChI=1S/C26H23Cl2F3N2O2/c1-3-15-25(2)23(17-5-4-6-22(16-17)35-26(29,30)31)32(20-11-7-18(27)8-12-20)24(34)33(25)21-13-9-19(28)10-14-21/h4-14,16,23H,3,15H2,1-2H3/t23-,25+/m0/s1. The van der Waals surface area contributed by atoms with Gasteiger partial charge in [0.05, 0.1) is 11.6 Å². The van der Waals surface area contributed by atoms with Crippen LogP contribution in [0.4, 0.5) is 29.3 Å². The Balaban J connectivity index is 1.91. The molecule has 0 N–H and O–H groups in total. The maximum absolute atomic E-state index is 14.0. The number of hydrogen-bond acceptors (Lipinski definition) is 2. The molecule has 0 bridgehead atoms. The van der Waals surface area contributed by atoms with E-state index in [1.165, 1.54) is 18.2 Å². The zero-order chi connectivity index (χ0) is 25.4. The number of anilines is 2. The molecule has 1 heterocycles. The van der Waals surface area contributed by atoms with Gasteiger partial charge in [-0.1, -0.05) is 48.7 Å². The monoisotopic (exact) mass is 522 g/mol. The molecular formula is C26H23Cl2F3N2O2. The second kappa shape index (κ2) is 9.63. The second-order valence-corrected chi connectivity index (χ2v) is 9.44. The highest BCUT2D eigenvalue weighted by atomic mass is 35.5. The quantitative estimate of drug-likeness (QED) is 0.324. The fourth-order valence-corrected chi connectivity index (χ4v) is 5.09. The van der Waals surface area contributed by atoms with Crippen LogP contribution in [-0.4, -0.2) is 17.9 Å². The highest BCUT2D eigenvalue weighted by Gasteiger charge is 2.55. The van der Waals surface area contributed by atoms with Crippen molar-refractivity contribution in [2.75, 3.05) is 9.80 Å². The summed E-state index contributed by atoms with van der Waals surface area (Å²) in [7, 11) is 0. The Morgan fingerprint density at radius 2 is 1.51 bits per heavy atom. The molecule has 9 heteroatoms. The summed E-state index contributed by atoms with van der Waals surface area (Å²) < 4.78 is 43.1. The minimum atomic E-state index is -4.83. The molecular weight excluding hydrogens is 500 g/mol. The number of nitrogens with zero attached hydrogens (tertiary/aromatic N) is 2. The van der Waals surface area contributed by atoms with E-state index in [0.717, 1.165) is 6.42 Å². The van der Waals surface area contributed by atoms with Crippen LogP contribution in [0.2, 0.25) is 10.0 Å². The number of urea groups is 1. The first kappa shape index (κ1) is 25.2. The van der Waals surface area contributed by atoms with Gasteiger partial charge in [-0.05, 0) is 79.6 Å². The van der Waals surface area contributed by atoms with Crippen molar-refractivity contribution < 1.29 is 22.7 Å². The smallest absolute Gasteiger partial charge is 0.406 e. The number of halogens is 5. The van der Waals surface area contributed by atoms with Gasteiger partial charge in [0.25, 0.3) is 0 Å². The number of alkyl halides is 3. The van der Waals surface area contributed by atoms with Crippen LogP contribution in [0.15, 0.2) is 72.8 Å². The molecule has 0 saturated carbocycles. The van der Waals surface area contributed by atoms with E-state index in [2.05, 4.69) is 4.74 Å². The largest absolute Gasteiger partial charge is 0.573 e. The van der Waals surface area contributed by atoms with Crippen molar-refractivity contribution in [1.82, 2.24) is 0 Å². The van der Waals surface area contributed by atoms with Crippen LogP contribution >= 0.6 is 23.2 Å². The Bertz CT molecular complexity index is 1200. The van der Waals surface area contributed by atoms with Crippen LogP contribution in [0.3, 0.4) is 0 Å². The SMILES string of the molecule is CCC[C@]1(C)[C@H](c2cccc(OC(F)(F)F)c2)N(c2ccc(Cl)cc2)C(=O)N1c1ccc(Cl)cc1. The van der Waals surface area contributed by atoms with Gasteiger partial charge in [0.2, 0.25) is 0 Å². The van der Waals surface area contributed by atoms with E-state index in [0.29, 0.717) is 33.4 Å². The second-order valence-electron chi connectivity index (χ2n) is 8.57. The number of amides is 2. The number of ether oxygens (including phenoxy) is 1. The van der Waals surface area contributed by atoms with E-state index in [-0.39, 0.29) is 11.8 Å². The fourth-order valence-electron chi connectivity index (χ4n) is 4.84. The summed E-state index contributed by atoms with van der Waals surface area (Å²) in [5, 5.41) is 1.03. The highest BCUT2D eigenvalue weighted by Crippen LogP contribution is 2.50. The molecule has 1 saturated heterocycles. The highest BCUT2D eigenvalue weighted by molar-refractivity contribution is 6.31. The lowest BCUT2D eigenvalue weighted by atomic mass is 9.82. The number of benzene rings is 3. The van der Waals surface area contributed by atoms with Gasteiger partial charge >= 0.3 is 12.4 Å². The van der Waals surface area contributed by atoms with E-state index >= 15 is 0 Å². The van der Waals surface area contributed by atoms with Gasteiger partial charge < -0.3 is 4.74 Å². The Labute approximate surface area is 211 Å². The maximum atomic E-state index is 14.0. The summed E-state index contributed by atoms with van der Waals surface area (Å²) in [5.74, 6) is -0.345. The molecule has 4 rings (SSSR count). The molecule has 1 aliphatic rings. The van der Waals surface area contributed by atoms with E-state index in [4.69, 9.17) is 23.2 Å². The van der Waals surface area contributed by atoms with Gasteiger partial charge in [0, 0.05) is 21.4 Å². The van der Waals surface area contributed by atoms with Crippen LogP contribution in [-0.2, 0) is 0 Å². The van der Waals surface area contributed by atoms with Crippen molar-refractivity contribution >= 4 is 40.6 Å². The lowest BCUT2D eigenvalue weighted by molar-refractivity contribution is -0.274. The maximum Gasteiger partial charge on any atom is 0.573 e. The van der Waals surface area contributed by atoms with E-state index in [1.807, 2.05) is 13.8 Å². The van der Waals surface area contributed by atoms with Crippen molar-refractivity contribution in [1.29, 1.82) is 0 Å². The first-order valence-corrected chi connectivity index (χ1v) is 11.8. The van der Waals surface area contributed by atoms with Crippen LogP contribution in [0.25, 0.3) is 0 Å². The van der Waals surface area contributed by atoms with Gasteiger partial charge in [-0.15, -0.1) is 13.2 Å². The third kappa shape index (κ3) is 5.07. The van der Waals surface area contributed by atoms with E-state index in [9.17, 15) is 18.0 Å². The minimum Gasteiger partial charge on any atom is -0.406 e. The van der Waals surface area contributed by atoms with Crippen molar-refractivity contribution in [3.8, 4) is 5.75 Å². The molecule has 35 heavy (non-hydrogen) atoms. The predicted octanol–water partition coefficient (Wildman–Crippen LogP) is 8.64. The molecule has 0 aromatic heterocycles. The molecule has 3 aromatic carbocycles. The summed E-state index contributed by atoms with van der Waals surface area (Å²) in [6.07, 6.45) is -3.51. The number of rotatable bonds is 6. The Morgan fingerprint density at radius 1 is 0.943 bits per heavy atom. The Kier molecular flexibility index (Phi) is 6.93. The third-order valence-electron chi connectivity index (χ3n) is 6.11. The first-order chi connectivity index (χ1) is 16.5. The molecule has 184 valence electrons. The number of hydrogen-bond donors (Lipinski definition) is 0. The molecule has 2 atom stereocenters. The molecule has 0 spiro atoms. The summed E-state index contributed by atoms with van der Waals surface area (Å²) >= 11 is 12.2. The van der Waals surface area contributed by atoms with Gasteiger partial charge in [-0.2, -0.15) is 0 Å². The normalized spacial score (nSPS) is 20.4. The van der Waals surface area contributed by atoms with Crippen molar-refractivity contribution in [2.24, 2.45) is 0 Å². The minimum absolute atomic E-state index is 0.308. The molecule has 2 amide bonds. The molecule has 4 nitrogen and oxygen atoms in total. The number of carbonyl (C=O) groups excluding carboxylic acids is 1. The first-order valence-electron chi connectivity index (χ1n) is 11.0. The summed E-state index contributed by atoms with van der Waals surface area (Å²) in [6, 6.07) is 18.6. The Morgan fingerprint density at radius 3 is 2.06 bits per heavy atom. The van der Waals surface area contributed by atoms with Crippen LogP contribution in [0.5, 0.6) is 5.75 Å². The molecule has 1 aliphatic heterocycles. The van der Waals surface area contributed by atoms with Crippen LogP contribution in [0.1, 0.15) is 38.3 Å². The van der Waals surface area contributed by atoms with Gasteiger partial charge in [0.1, 0.15) is 5.75 Å². The van der Waals surface area contributed by atoms with Crippen LogP contribution in [0, 0.1) is 0 Å². The molecule has 0 unspecified atom stereocenters. The van der Waals surface area contributed by atoms with Gasteiger partial charge in [0.15, 0.2) is 0 Å². The third-order valence-corrected chi connectivity index (χ3v) is 6.61.